The van der Waals surface area contributed by atoms with E-state index in [0.717, 1.165) is 12.1 Å². The maximum atomic E-state index is 4.58. The van der Waals surface area contributed by atoms with Gasteiger partial charge in [-0.1, -0.05) is 0 Å². The Morgan fingerprint density at radius 1 is 1.22 bits per heavy atom. The summed E-state index contributed by atoms with van der Waals surface area (Å²) in [5.41, 5.74) is 2.35. The first-order valence-electron chi connectivity index (χ1n) is 6.32. The molecule has 0 amide bonds. The minimum Gasteiger partial charge on any atom is -0.313 e. The van der Waals surface area contributed by atoms with Gasteiger partial charge in [-0.15, -0.1) is 0 Å². The molecule has 0 aromatic carbocycles. The van der Waals surface area contributed by atoms with E-state index in [-0.39, 0.29) is 6.04 Å². The van der Waals surface area contributed by atoms with Crippen LogP contribution in [0.5, 0.6) is 0 Å². The second-order valence-electron chi connectivity index (χ2n) is 4.71. The second-order valence-corrected chi connectivity index (χ2v) is 4.71. The lowest BCUT2D eigenvalue weighted by molar-refractivity contribution is 0.515. The molecule has 1 atom stereocenters. The van der Waals surface area contributed by atoms with Crippen molar-refractivity contribution in [3.8, 4) is 0 Å². The highest BCUT2D eigenvalue weighted by atomic mass is 15.3. The Morgan fingerprint density at radius 2 is 1.94 bits per heavy atom. The van der Waals surface area contributed by atoms with Crippen molar-refractivity contribution in [1.82, 2.24) is 20.1 Å². The number of pyridine rings is 1. The molecule has 0 aliphatic rings. The van der Waals surface area contributed by atoms with Crippen molar-refractivity contribution in [2.75, 3.05) is 7.05 Å². The van der Waals surface area contributed by atoms with Crippen LogP contribution in [0.2, 0.25) is 0 Å². The number of likely N-dealkylation sites (N-methyl/N-ethyl adjacent to an activating group) is 1. The zero-order valence-electron chi connectivity index (χ0n) is 11.2. The van der Waals surface area contributed by atoms with Gasteiger partial charge in [0.1, 0.15) is 0 Å². The molecule has 0 aliphatic heterocycles. The average molecular weight is 244 g/mol. The summed E-state index contributed by atoms with van der Waals surface area (Å²) in [6.07, 6.45) is 6.58. The third kappa shape index (κ3) is 2.96. The lowest BCUT2D eigenvalue weighted by Gasteiger charge is -2.15. The zero-order chi connectivity index (χ0) is 13.0. The second kappa shape index (κ2) is 5.78. The van der Waals surface area contributed by atoms with Crippen LogP contribution in [0.25, 0.3) is 0 Å². The summed E-state index contributed by atoms with van der Waals surface area (Å²) < 4.78 is 1.99. The van der Waals surface area contributed by atoms with Crippen molar-refractivity contribution in [1.29, 1.82) is 0 Å². The zero-order valence-corrected chi connectivity index (χ0v) is 11.2. The molecule has 2 aromatic heterocycles. The van der Waals surface area contributed by atoms with Crippen LogP contribution in [0.15, 0.2) is 36.8 Å². The van der Waals surface area contributed by atoms with Gasteiger partial charge in [0.2, 0.25) is 0 Å². The molecule has 2 rings (SSSR count). The van der Waals surface area contributed by atoms with Crippen molar-refractivity contribution in [3.63, 3.8) is 0 Å². The van der Waals surface area contributed by atoms with Crippen LogP contribution >= 0.6 is 0 Å². The normalized spacial score (nSPS) is 12.9. The summed E-state index contributed by atoms with van der Waals surface area (Å²) in [5, 5.41) is 7.91. The number of nitrogens with one attached hydrogen (secondary N) is 1. The highest BCUT2D eigenvalue weighted by molar-refractivity contribution is 5.17. The van der Waals surface area contributed by atoms with Gasteiger partial charge in [-0.2, -0.15) is 5.10 Å². The van der Waals surface area contributed by atoms with Crippen LogP contribution in [0, 0.1) is 0 Å². The minimum absolute atomic E-state index is 0.281. The number of nitrogens with zero attached hydrogens (tertiary/aromatic N) is 3. The largest absolute Gasteiger partial charge is 0.313 e. The highest BCUT2D eigenvalue weighted by Gasteiger charge is 2.12. The molecule has 0 radical (unpaired) electrons. The van der Waals surface area contributed by atoms with Crippen molar-refractivity contribution in [2.45, 2.75) is 32.4 Å². The van der Waals surface area contributed by atoms with Gasteiger partial charge in [-0.25, -0.2) is 0 Å². The molecule has 2 heterocycles. The van der Waals surface area contributed by atoms with Crippen LogP contribution in [-0.4, -0.2) is 21.8 Å². The Balaban J connectivity index is 2.10. The summed E-state index contributed by atoms with van der Waals surface area (Å²) in [7, 11) is 1.98. The number of aromatic nitrogens is 3. The Labute approximate surface area is 108 Å². The van der Waals surface area contributed by atoms with E-state index in [1.54, 1.807) is 0 Å². The van der Waals surface area contributed by atoms with Gasteiger partial charge in [0.25, 0.3) is 0 Å². The molecule has 0 spiro atoms. The molecule has 0 bridgehead atoms. The van der Waals surface area contributed by atoms with E-state index in [1.165, 1.54) is 5.56 Å². The van der Waals surface area contributed by atoms with Crippen LogP contribution in [-0.2, 0) is 6.42 Å². The molecule has 0 saturated heterocycles. The predicted molar refractivity (Wildman–Crippen MR) is 72.4 cm³/mol. The quantitative estimate of drug-likeness (QED) is 0.878. The van der Waals surface area contributed by atoms with Gasteiger partial charge in [-0.05, 0) is 44.7 Å². The van der Waals surface area contributed by atoms with E-state index >= 15 is 0 Å². The van der Waals surface area contributed by atoms with Crippen molar-refractivity contribution < 1.29 is 0 Å². The topological polar surface area (TPSA) is 42.7 Å². The van der Waals surface area contributed by atoms with E-state index in [2.05, 4.69) is 35.3 Å². The molecule has 4 nitrogen and oxygen atoms in total. The van der Waals surface area contributed by atoms with Crippen LogP contribution in [0.1, 0.15) is 37.2 Å². The first-order chi connectivity index (χ1) is 8.70. The fourth-order valence-corrected chi connectivity index (χ4v) is 1.97. The summed E-state index contributed by atoms with van der Waals surface area (Å²) in [4.78, 5) is 4.05. The Morgan fingerprint density at radius 3 is 2.50 bits per heavy atom. The first-order valence-corrected chi connectivity index (χ1v) is 6.32. The smallest absolute Gasteiger partial charge is 0.0643 e. The molecule has 4 heteroatoms. The highest BCUT2D eigenvalue weighted by Crippen LogP contribution is 2.16. The molecule has 1 unspecified atom stereocenters. The molecule has 0 fully saturated rings. The summed E-state index contributed by atoms with van der Waals surface area (Å²) in [6.45, 7) is 4.27. The Bertz CT molecular complexity index is 476. The van der Waals surface area contributed by atoms with Gasteiger partial charge in [0.15, 0.2) is 0 Å². The van der Waals surface area contributed by atoms with Gasteiger partial charge in [-0.3, -0.25) is 9.67 Å². The number of rotatable bonds is 5. The van der Waals surface area contributed by atoms with Gasteiger partial charge >= 0.3 is 0 Å². The van der Waals surface area contributed by atoms with Crippen LogP contribution < -0.4 is 5.32 Å². The van der Waals surface area contributed by atoms with Crippen molar-refractivity contribution in [2.24, 2.45) is 0 Å². The lowest BCUT2D eigenvalue weighted by Crippen LogP contribution is -2.19. The summed E-state index contributed by atoms with van der Waals surface area (Å²) >= 11 is 0. The van der Waals surface area contributed by atoms with Crippen molar-refractivity contribution in [3.05, 3.63) is 48.0 Å². The Hall–Kier alpha value is -1.68. The average Bonchev–Trinajstić information content (AvgIpc) is 2.86. The van der Waals surface area contributed by atoms with E-state index in [9.17, 15) is 0 Å². The van der Waals surface area contributed by atoms with Crippen molar-refractivity contribution >= 4 is 0 Å². The molecule has 18 heavy (non-hydrogen) atoms. The monoisotopic (exact) mass is 244 g/mol. The molecular formula is C14H20N4. The fourth-order valence-electron chi connectivity index (χ4n) is 1.97. The molecule has 1 N–H and O–H groups in total. The number of hydrogen-bond acceptors (Lipinski definition) is 3. The Kier molecular flexibility index (Phi) is 4.10. The van der Waals surface area contributed by atoms with Crippen LogP contribution in [0.3, 0.4) is 0 Å². The third-order valence-corrected chi connectivity index (χ3v) is 3.06. The standard InChI is InChI=1S/C14H20N4/c1-11(2)18-9-6-13(17-18)10-14(15-3)12-4-7-16-8-5-12/h4-9,11,14-15H,10H2,1-3H3. The number of hydrogen-bond donors (Lipinski definition) is 1. The maximum absolute atomic E-state index is 4.58. The SMILES string of the molecule is CNC(Cc1ccn(C(C)C)n1)c1ccncc1. The molecule has 0 saturated carbocycles. The van der Waals surface area contributed by atoms with E-state index < -0.39 is 0 Å². The van der Waals surface area contributed by atoms with Crippen LogP contribution in [0.4, 0.5) is 0 Å². The molecule has 2 aromatic rings. The molecular weight excluding hydrogens is 224 g/mol. The van der Waals surface area contributed by atoms with E-state index in [0.29, 0.717) is 6.04 Å². The fraction of sp³-hybridized carbons (Fsp3) is 0.429. The third-order valence-electron chi connectivity index (χ3n) is 3.06. The van der Waals surface area contributed by atoms with Gasteiger partial charge in [0, 0.05) is 37.1 Å². The summed E-state index contributed by atoms with van der Waals surface area (Å²) in [5.74, 6) is 0. The predicted octanol–water partition coefficient (Wildman–Crippen LogP) is 2.36. The molecule has 96 valence electrons. The molecule has 0 aliphatic carbocycles. The van der Waals surface area contributed by atoms with E-state index in [1.807, 2.05) is 42.5 Å². The van der Waals surface area contributed by atoms with Gasteiger partial charge in [0.05, 0.1) is 5.69 Å². The maximum Gasteiger partial charge on any atom is 0.0643 e. The lowest BCUT2D eigenvalue weighted by atomic mass is 10.0. The van der Waals surface area contributed by atoms with E-state index in [4.69, 9.17) is 0 Å². The first kappa shape index (κ1) is 12.8. The van der Waals surface area contributed by atoms with Gasteiger partial charge < -0.3 is 5.32 Å². The summed E-state index contributed by atoms with van der Waals surface area (Å²) in [6, 6.07) is 6.86. The minimum atomic E-state index is 0.281.